The second-order valence-corrected chi connectivity index (χ2v) is 4.90. The lowest BCUT2D eigenvalue weighted by Gasteiger charge is -1.94. The average Bonchev–Trinajstić information content (AvgIpc) is 3.06. The van der Waals surface area contributed by atoms with Gasteiger partial charge in [-0.25, -0.2) is 0 Å². The Morgan fingerprint density at radius 2 is 2.21 bits per heavy atom. The standard InChI is InChI=1S/C13H18O/c1-2-3-10-6-7-13(14-10)12-8-11(12)9-4-5-9/h6-7,9,11-12H,2-5,8H2,1H3. The molecule has 0 saturated heterocycles. The van der Waals surface area contributed by atoms with Gasteiger partial charge in [0, 0.05) is 12.3 Å². The van der Waals surface area contributed by atoms with E-state index in [0.717, 1.165) is 24.2 Å². The van der Waals surface area contributed by atoms with Gasteiger partial charge < -0.3 is 4.42 Å². The molecule has 1 nitrogen and oxygen atoms in total. The van der Waals surface area contributed by atoms with Crippen LogP contribution in [0.3, 0.4) is 0 Å². The fourth-order valence-electron chi connectivity index (χ4n) is 2.56. The van der Waals surface area contributed by atoms with Crippen LogP contribution in [0, 0.1) is 11.8 Å². The van der Waals surface area contributed by atoms with Gasteiger partial charge in [-0.15, -0.1) is 0 Å². The predicted molar refractivity (Wildman–Crippen MR) is 56.3 cm³/mol. The lowest BCUT2D eigenvalue weighted by molar-refractivity contribution is 0.454. The molecule has 1 heterocycles. The van der Waals surface area contributed by atoms with E-state index < -0.39 is 0 Å². The van der Waals surface area contributed by atoms with Crippen LogP contribution in [0.2, 0.25) is 0 Å². The Morgan fingerprint density at radius 1 is 1.36 bits per heavy atom. The summed E-state index contributed by atoms with van der Waals surface area (Å²) in [7, 11) is 0. The molecule has 0 spiro atoms. The summed E-state index contributed by atoms with van der Waals surface area (Å²) in [6, 6.07) is 4.37. The minimum atomic E-state index is 0.785. The van der Waals surface area contributed by atoms with E-state index in [9.17, 15) is 0 Å². The molecule has 2 aliphatic carbocycles. The van der Waals surface area contributed by atoms with Crippen molar-refractivity contribution in [3.05, 3.63) is 23.7 Å². The van der Waals surface area contributed by atoms with Crippen molar-refractivity contribution in [1.29, 1.82) is 0 Å². The Hall–Kier alpha value is -0.720. The molecule has 1 aromatic heterocycles. The number of hydrogen-bond acceptors (Lipinski definition) is 1. The monoisotopic (exact) mass is 190 g/mol. The summed E-state index contributed by atoms with van der Waals surface area (Å²) in [5.74, 6) is 5.28. The predicted octanol–water partition coefficient (Wildman–Crippen LogP) is 3.75. The van der Waals surface area contributed by atoms with Gasteiger partial charge in [-0.05, 0) is 49.7 Å². The van der Waals surface area contributed by atoms with Crippen molar-refractivity contribution >= 4 is 0 Å². The summed E-state index contributed by atoms with van der Waals surface area (Å²) in [5.41, 5.74) is 0. The molecule has 2 saturated carbocycles. The molecule has 0 N–H and O–H groups in total. The van der Waals surface area contributed by atoms with Gasteiger partial charge in [0.05, 0.1) is 0 Å². The Kier molecular flexibility index (Phi) is 1.93. The van der Waals surface area contributed by atoms with E-state index in [2.05, 4.69) is 19.1 Å². The van der Waals surface area contributed by atoms with Gasteiger partial charge >= 0.3 is 0 Å². The summed E-state index contributed by atoms with van der Waals surface area (Å²) in [4.78, 5) is 0. The minimum absolute atomic E-state index is 0.785. The maximum absolute atomic E-state index is 5.86. The zero-order valence-corrected chi connectivity index (χ0v) is 8.83. The first-order chi connectivity index (χ1) is 6.88. The van der Waals surface area contributed by atoms with Crippen LogP contribution >= 0.6 is 0 Å². The van der Waals surface area contributed by atoms with E-state index in [0.29, 0.717) is 0 Å². The van der Waals surface area contributed by atoms with Crippen molar-refractivity contribution in [1.82, 2.24) is 0 Å². The Balaban J connectivity index is 1.66. The van der Waals surface area contributed by atoms with Crippen LogP contribution in [0.25, 0.3) is 0 Å². The first-order valence-corrected chi connectivity index (χ1v) is 5.97. The van der Waals surface area contributed by atoms with Crippen molar-refractivity contribution in [2.45, 2.75) is 44.9 Å². The molecule has 0 bridgehead atoms. The number of furan rings is 1. The normalized spacial score (nSPS) is 30.6. The van der Waals surface area contributed by atoms with Crippen LogP contribution in [-0.2, 0) is 6.42 Å². The van der Waals surface area contributed by atoms with Gasteiger partial charge in [0.1, 0.15) is 11.5 Å². The fourth-order valence-corrected chi connectivity index (χ4v) is 2.56. The van der Waals surface area contributed by atoms with Crippen molar-refractivity contribution in [2.75, 3.05) is 0 Å². The smallest absolute Gasteiger partial charge is 0.107 e. The van der Waals surface area contributed by atoms with Gasteiger partial charge in [0.25, 0.3) is 0 Å². The fraction of sp³-hybridized carbons (Fsp3) is 0.692. The van der Waals surface area contributed by atoms with Crippen molar-refractivity contribution < 1.29 is 4.42 Å². The third-order valence-corrected chi connectivity index (χ3v) is 3.61. The summed E-state index contributed by atoms with van der Waals surface area (Å²) >= 11 is 0. The molecule has 1 aromatic rings. The van der Waals surface area contributed by atoms with Crippen LogP contribution in [-0.4, -0.2) is 0 Å². The molecule has 0 aromatic carbocycles. The second kappa shape index (κ2) is 3.15. The SMILES string of the molecule is CCCc1ccc(C2CC2C2CC2)o1. The van der Waals surface area contributed by atoms with E-state index in [1.165, 1.54) is 37.2 Å². The molecule has 2 fully saturated rings. The van der Waals surface area contributed by atoms with Gasteiger partial charge in [0.15, 0.2) is 0 Å². The highest BCUT2D eigenvalue weighted by molar-refractivity contribution is 5.20. The Bertz CT molecular complexity index is 322. The maximum Gasteiger partial charge on any atom is 0.107 e. The van der Waals surface area contributed by atoms with Crippen molar-refractivity contribution in [2.24, 2.45) is 11.8 Å². The molecule has 76 valence electrons. The molecule has 3 rings (SSSR count). The van der Waals surface area contributed by atoms with Gasteiger partial charge in [0.2, 0.25) is 0 Å². The summed E-state index contributed by atoms with van der Waals surface area (Å²) in [6.07, 6.45) is 6.63. The molecule has 14 heavy (non-hydrogen) atoms. The van der Waals surface area contributed by atoms with E-state index in [-0.39, 0.29) is 0 Å². The molecule has 2 unspecified atom stereocenters. The highest BCUT2D eigenvalue weighted by Gasteiger charge is 2.49. The molecule has 1 heteroatoms. The molecule has 0 radical (unpaired) electrons. The topological polar surface area (TPSA) is 13.1 Å². The molecule has 0 aliphatic heterocycles. The highest BCUT2D eigenvalue weighted by atomic mass is 16.3. The van der Waals surface area contributed by atoms with Gasteiger partial charge in [-0.3, -0.25) is 0 Å². The average molecular weight is 190 g/mol. The third kappa shape index (κ3) is 1.49. The molecule has 2 aliphatic rings. The van der Waals surface area contributed by atoms with Gasteiger partial charge in [-0.2, -0.15) is 0 Å². The zero-order chi connectivity index (χ0) is 9.54. The molecular formula is C13H18O. The zero-order valence-electron chi connectivity index (χ0n) is 8.83. The summed E-state index contributed by atoms with van der Waals surface area (Å²) in [6.45, 7) is 2.20. The van der Waals surface area contributed by atoms with Crippen LogP contribution < -0.4 is 0 Å². The number of rotatable bonds is 4. The van der Waals surface area contributed by atoms with E-state index in [1.807, 2.05) is 0 Å². The maximum atomic E-state index is 5.86. The van der Waals surface area contributed by atoms with E-state index in [1.54, 1.807) is 0 Å². The number of hydrogen-bond donors (Lipinski definition) is 0. The lowest BCUT2D eigenvalue weighted by atomic mass is 10.2. The second-order valence-electron chi connectivity index (χ2n) is 4.90. The quantitative estimate of drug-likeness (QED) is 0.704. The Morgan fingerprint density at radius 3 is 2.93 bits per heavy atom. The highest BCUT2D eigenvalue weighted by Crippen LogP contribution is 2.59. The van der Waals surface area contributed by atoms with Crippen molar-refractivity contribution in [3.63, 3.8) is 0 Å². The lowest BCUT2D eigenvalue weighted by Crippen LogP contribution is -1.82. The van der Waals surface area contributed by atoms with Crippen LogP contribution in [0.1, 0.15) is 50.0 Å². The van der Waals surface area contributed by atoms with E-state index >= 15 is 0 Å². The van der Waals surface area contributed by atoms with Crippen molar-refractivity contribution in [3.8, 4) is 0 Å². The third-order valence-electron chi connectivity index (χ3n) is 3.61. The van der Waals surface area contributed by atoms with E-state index in [4.69, 9.17) is 4.42 Å². The summed E-state index contributed by atoms with van der Waals surface area (Å²) < 4.78 is 5.86. The van der Waals surface area contributed by atoms with Crippen LogP contribution in [0.4, 0.5) is 0 Å². The van der Waals surface area contributed by atoms with Crippen LogP contribution in [0.15, 0.2) is 16.5 Å². The Labute approximate surface area is 85.5 Å². The number of aryl methyl sites for hydroxylation is 1. The molecule has 2 atom stereocenters. The first-order valence-electron chi connectivity index (χ1n) is 5.97. The summed E-state index contributed by atoms with van der Waals surface area (Å²) in [5, 5.41) is 0. The first kappa shape index (κ1) is 8.58. The van der Waals surface area contributed by atoms with Crippen LogP contribution in [0.5, 0.6) is 0 Å². The molecule has 0 amide bonds. The minimum Gasteiger partial charge on any atom is -0.466 e. The largest absolute Gasteiger partial charge is 0.466 e. The van der Waals surface area contributed by atoms with Gasteiger partial charge in [-0.1, -0.05) is 6.92 Å². The molecular weight excluding hydrogens is 172 g/mol.